The molecule has 0 fully saturated rings. The molecule has 0 N–H and O–H groups in total. The minimum Gasteiger partial charge on any atom is -0.326 e. The van der Waals surface area contributed by atoms with Crippen LogP contribution in [0.3, 0.4) is 0 Å². The third-order valence-electron chi connectivity index (χ3n) is 5.58. The van der Waals surface area contributed by atoms with Crippen LogP contribution in [0.4, 0.5) is 0 Å². The molecule has 0 aromatic carbocycles. The average molecular weight is 439 g/mol. The van der Waals surface area contributed by atoms with Gasteiger partial charge in [0, 0.05) is 36.6 Å². The molecule has 1 atom stereocenters. The fourth-order valence-electron chi connectivity index (χ4n) is 4.04. The fraction of sp³-hybridized carbons (Fsp3) is 0.238. The minimum absolute atomic E-state index is 0.147. The molecule has 0 saturated carbocycles. The molecule has 1 aliphatic heterocycles. The SMILES string of the molecule is Cn1c(=O)c2cc(C(=O)N3CCc4sccc4[C@@H]3c3cccs3)cnc2n(C)c1=O. The van der Waals surface area contributed by atoms with Gasteiger partial charge in [-0.25, -0.2) is 9.78 Å². The first-order chi connectivity index (χ1) is 14.5. The van der Waals surface area contributed by atoms with E-state index in [-0.39, 0.29) is 23.0 Å². The van der Waals surface area contributed by atoms with Crippen molar-refractivity contribution >= 4 is 39.6 Å². The van der Waals surface area contributed by atoms with E-state index >= 15 is 0 Å². The lowest BCUT2D eigenvalue weighted by Gasteiger charge is -2.35. The summed E-state index contributed by atoms with van der Waals surface area (Å²) in [5.41, 5.74) is 0.877. The van der Waals surface area contributed by atoms with Crippen molar-refractivity contribution in [1.29, 1.82) is 0 Å². The van der Waals surface area contributed by atoms with Crippen LogP contribution in [0.25, 0.3) is 11.0 Å². The maximum Gasteiger partial charge on any atom is 0.332 e. The summed E-state index contributed by atoms with van der Waals surface area (Å²) in [6.07, 6.45) is 2.26. The Morgan fingerprint density at radius 3 is 2.73 bits per heavy atom. The van der Waals surface area contributed by atoms with E-state index in [4.69, 9.17) is 0 Å². The number of amides is 1. The number of thiophene rings is 2. The average Bonchev–Trinajstić information content (AvgIpc) is 3.46. The number of nitrogens with zero attached hydrogens (tertiary/aromatic N) is 4. The van der Waals surface area contributed by atoms with Gasteiger partial charge in [0.15, 0.2) is 0 Å². The topological polar surface area (TPSA) is 77.2 Å². The summed E-state index contributed by atoms with van der Waals surface area (Å²) in [6.45, 7) is 0.595. The Balaban J connectivity index is 1.63. The molecule has 4 aromatic rings. The van der Waals surface area contributed by atoms with Gasteiger partial charge < -0.3 is 4.90 Å². The predicted molar refractivity (Wildman–Crippen MR) is 117 cm³/mol. The third kappa shape index (κ3) is 2.77. The molecule has 1 amide bonds. The van der Waals surface area contributed by atoms with Crippen LogP contribution in [0.15, 0.2) is 50.8 Å². The van der Waals surface area contributed by atoms with E-state index in [1.807, 2.05) is 22.4 Å². The Hall–Kier alpha value is -3.04. The standard InChI is InChI=1S/C21H18N4O3S2/c1-23-18-14(20(27)24(2)21(23)28)10-12(11-22-18)19(26)25-7-5-15-13(6-9-30-15)17(25)16-4-3-8-29-16/h3-4,6,8-11,17H,5,7H2,1-2H3/t17-/m1/s1. The van der Waals surface area contributed by atoms with Gasteiger partial charge in [-0.3, -0.25) is 18.7 Å². The first-order valence-corrected chi connectivity index (χ1v) is 11.2. The zero-order valence-corrected chi connectivity index (χ0v) is 18.0. The molecule has 0 unspecified atom stereocenters. The van der Waals surface area contributed by atoms with Gasteiger partial charge in [0.1, 0.15) is 5.65 Å². The monoisotopic (exact) mass is 438 g/mol. The van der Waals surface area contributed by atoms with Gasteiger partial charge >= 0.3 is 5.69 Å². The smallest absolute Gasteiger partial charge is 0.326 e. The number of aromatic nitrogens is 3. The zero-order valence-electron chi connectivity index (χ0n) is 16.4. The third-order valence-corrected chi connectivity index (χ3v) is 7.50. The number of hydrogen-bond acceptors (Lipinski definition) is 6. The van der Waals surface area contributed by atoms with Crippen molar-refractivity contribution in [3.05, 3.63) is 82.9 Å². The summed E-state index contributed by atoms with van der Waals surface area (Å²) in [4.78, 5) is 46.9. The van der Waals surface area contributed by atoms with E-state index in [1.165, 1.54) is 22.7 Å². The summed E-state index contributed by atoms with van der Waals surface area (Å²) >= 11 is 3.35. The maximum absolute atomic E-state index is 13.5. The summed E-state index contributed by atoms with van der Waals surface area (Å²) in [5, 5.41) is 4.34. The van der Waals surface area contributed by atoms with E-state index in [2.05, 4.69) is 16.4 Å². The highest BCUT2D eigenvalue weighted by Crippen LogP contribution is 2.40. The summed E-state index contributed by atoms with van der Waals surface area (Å²) in [7, 11) is 2.99. The van der Waals surface area contributed by atoms with E-state index in [9.17, 15) is 14.4 Å². The molecule has 7 nitrogen and oxygen atoms in total. The quantitative estimate of drug-likeness (QED) is 0.482. The Kier molecular flexibility index (Phi) is 4.44. The van der Waals surface area contributed by atoms with Gasteiger partial charge in [-0.2, -0.15) is 0 Å². The van der Waals surface area contributed by atoms with Crippen LogP contribution in [0, 0.1) is 0 Å². The van der Waals surface area contributed by atoms with Gasteiger partial charge in [-0.1, -0.05) is 6.07 Å². The highest BCUT2D eigenvalue weighted by atomic mass is 32.1. The summed E-state index contributed by atoms with van der Waals surface area (Å²) < 4.78 is 2.35. The Labute approximate surface area is 179 Å². The second kappa shape index (κ2) is 7.03. The number of aryl methyl sites for hydroxylation is 1. The highest BCUT2D eigenvalue weighted by Gasteiger charge is 2.34. The predicted octanol–water partition coefficient (Wildman–Crippen LogP) is 2.54. The molecular weight excluding hydrogens is 420 g/mol. The Morgan fingerprint density at radius 1 is 1.13 bits per heavy atom. The van der Waals surface area contributed by atoms with Gasteiger partial charge in [0.05, 0.1) is 17.0 Å². The van der Waals surface area contributed by atoms with Gasteiger partial charge in [-0.05, 0) is 40.9 Å². The first kappa shape index (κ1) is 19.0. The molecule has 0 bridgehead atoms. The number of rotatable bonds is 2. The molecule has 30 heavy (non-hydrogen) atoms. The highest BCUT2D eigenvalue weighted by molar-refractivity contribution is 7.10. The van der Waals surface area contributed by atoms with Crippen LogP contribution in [0.1, 0.15) is 31.7 Å². The molecule has 5 heterocycles. The van der Waals surface area contributed by atoms with Crippen molar-refractivity contribution in [2.75, 3.05) is 6.54 Å². The summed E-state index contributed by atoms with van der Waals surface area (Å²) in [5.74, 6) is -0.171. The number of carbonyl (C=O) groups excluding carboxylic acids is 1. The van der Waals surface area contributed by atoms with Crippen LogP contribution < -0.4 is 11.2 Å². The van der Waals surface area contributed by atoms with Gasteiger partial charge in [0.25, 0.3) is 11.5 Å². The van der Waals surface area contributed by atoms with Gasteiger partial charge in [-0.15, -0.1) is 22.7 Å². The molecule has 0 radical (unpaired) electrons. The van der Waals surface area contributed by atoms with Crippen molar-refractivity contribution in [1.82, 2.24) is 19.0 Å². The molecule has 9 heteroatoms. The fourth-order valence-corrected chi connectivity index (χ4v) is 5.80. The van der Waals surface area contributed by atoms with E-state index < -0.39 is 11.2 Å². The molecule has 0 spiro atoms. The van der Waals surface area contributed by atoms with Crippen LogP contribution >= 0.6 is 22.7 Å². The molecular formula is C21H18N4O3S2. The largest absolute Gasteiger partial charge is 0.332 e. The van der Waals surface area contributed by atoms with E-state index in [1.54, 1.807) is 35.8 Å². The van der Waals surface area contributed by atoms with Crippen LogP contribution in [-0.2, 0) is 20.5 Å². The molecule has 4 aromatic heterocycles. The number of pyridine rings is 1. The van der Waals surface area contributed by atoms with E-state index in [0.29, 0.717) is 12.1 Å². The number of fused-ring (bicyclic) bond motifs is 2. The normalized spacial score (nSPS) is 16.1. The zero-order chi connectivity index (χ0) is 21.0. The first-order valence-electron chi connectivity index (χ1n) is 9.43. The molecule has 1 aliphatic rings. The van der Waals surface area contributed by atoms with Crippen molar-refractivity contribution < 1.29 is 4.79 Å². The number of carbonyl (C=O) groups is 1. The second-order valence-corrected chi connectivity index (χ2v) is 9.25. The molecule has 5 rings (SSSR count). The minimum atomic E-state index is -0.455. The lowest BCUT2D eigenvalue weighted by Crippen LogP contribution is -2.40. The lowest BCUT2D eigenvalue weighted by molar-refractivity contribution is 0.0698. The van der Waals surface area contributed by atoms with Crippen LogP contribution in [0.2, 0.25) is 0 Å². The molecule has 0 aliphatic carbocycles. The van der Waals surface area contributed by atoms with E-state index in [0.717, 1.165) is 21.4 Å². The van der Waals surface area contributed by atoms with Crippen molar-refractivity contribution in [3.8, 4) is 0 Å². The van der Waals surface area contributed by atoms with Crippen molar-refractivity contribution in [2.45, 2.75) is 12.5 Å². The van der Waals surface area contributed by atoms with Crippen LogP contribution in [-0.4, -0.2) is 31.5 Å². The van der Waals surface area contributed by atoms with Gasteiger partial charge in [0.2, 0.25) is 0 Å². The Morgan fingerprint density at radius 2 is 1.97 bits per heavy atom. The van der Waals surface area contributed by atoms with Crippen molar-refractivity contribution in [2.24, 2.45) is 14.1 Å². The summed E-state index contributed by atoms with van der Waals surface area (Å²) in [6, 6.07) is 7.54. The molecule has 0 saturated heterocycles. The maximum atomic E-state index is 13.5. The number of hydrogen-bond donors (Lipinski definition) is 0. The van der Waals surface area contributed by atoms with Crippen LogP contribution in [0.5, 0.6) is 0 Å². The Bertz CT molecular complexity index is 1400. The van der Waals surface area contributed by atoms with Crippen molar-refractivity contribution in [3.63, 3.8) is 0 Å². The second-order valence-electron chi connectivity index (χ2n) is 7.27. The lowest BCUT2D eigenvalue weighted by atomic mass is 9.97. The molecule has 152 valence electrons.